The van der Waals surface area contributed by atoms with E-state index in [2.05, 4.69) is 0 Å². The second kappa shape index (κ2) is 8.91. The smallest absolute Gasteiger partial charge is 0.305 e. The molecule has 1 heterocycles. The molecule has 0 saturated carbocycles. The Kier molecular flexibility index (Phi) is 7.48. The second-order valence-electron chi connectivity index (χ2n) is 4.93. The lowest BCUT2D eigenvalue weighted by atomic mass is 10.1. The topological polar surface area (TPSA) is 66.8 Å². The average Bonchev–Trinajstić information content (AvgIpc) is 2.75. The van der Waals surface area contributed by atoms with Gasteiger partial charge in [-0.2, -0.15) is 0 Å². The van der Waals surface area contributed by atoms with E-state index in [-0.39, 0.29) is 24.5 Å². The summed E-state index contributed by atoms with van der Waals surface area (Å²) in [7, 11) is 0. The largest absolute Gasteiger partial charge is 0.466 e. The number of hydrogen-bond donors (Lipinski definition) is 1. The molecule has 110 valence electrons. The summed E-state index contributed by atoms with van der Waals surface area (Å²) in [6.07, 6.45) is 5.58. The molecule has 0 aromatic rings. The molecule has 0 radical (unpaired) electrons. The summed E-state index contributed by atoms with van der Waals surface area (Å²) in [4.78, 5) is 24.5. The van der Waals surface area contributed by atoms with Crippen LogP contribution in [0.1, 0.15) is 51.9 Å². The Balaban J connectivity index is 2.04. The van der Waals surface area contributed by atoms with Gasteiger partial charge in [-0.25, -0.2) is 0 Å². The van der Waals surface area contributed by atoms with Gasteiger partial charge in [-0.1, -0.05) is 12.8 Å². The van der Waals surface area contributed by atoms with Gasteiger partial charge in [0.2, 0.25) is 5.91 Å². The van der Waals surface area contributed by atoms with Gasteiger partial charge in [-0.05, 0) is 26.2 Å². The van der Waals surface area contributed by atoms with E-state index < -0.39 is 0 Å². The Morgan fingerprint density at radius 2 is 2.11 bits per heavy atom. The highest BCUT2D eigenvalue weighted by atomic mass is 16.5. The number of carbonyl (C=O) groups is 2. The van der Waals surface area contributed by atoms with Crippen molar-refractivity contribution in [2.24, 2.45) is 0 Å². The molecular weight excluding hydrogens is 246 g/mol. The lowest BCUT2D eigenvalue weighted by Gasteiger charge is -2.22. The zero-order chi connectivity index (χ0) is 14.1. The lowest BCUT2D eigenvalue weighted by molar-refractivity contribution is -0.143. The van der Waals surface area contributed by atoms with Crippen molar-refractivity contribution >= 4 is 11.9 Å². The van der Waals surface area contributed by atoms with Crippen LogP contribution in [0.25, 0.3) is 0 Å². The molecule has 1 saturated heterocycles. The van der Waals surface area contributed by atoms with Gasteiger partial charge in [0.05, 0.1) is 19.3 Å². The molecule has 1 atom stereocenters. The van der Waals surface area contributed by atoms with Crippen LogP contribution in [0.2, 0.25) is 0 Å². The first kappa shape index (κ1) is 16.0. The van der Waals surface area contributed by atoms with Crippen LogP contribution in [-0.2, 0) is 14.3 Å². The van der Waals surface area contributed by atoms with Crippen molar-refractivity contribution in [1.29, 1.82) is 0 Å². The number of likely N-dealkylation sites (tertiary alicyclic amines) is 1. The van der Waals surface area contributed by atoms with Gasteiger partial charge in [-0.3, -0.25) is 9.59 Å². The Morgan fingerprint density at radius 3 is 2.79 bits per heavy atom. The fraction of sp³-hybridized carbons (Fsp3) is 0.857. The first-order chi connectivity index (χ1) is 9.19. The summed E-state index contributed by atoms with van der Waals surface area (Å²) >= 11 is 0. The van der Waals surface area contributed by atoms with Crippen LogP contribution in [0.3, 0.4) is 0 Å². The molecular formula is C14H25NO4. The van der Waals surface area contributed by atoms with Crippen molar-refractivity contribution in [2.75, 3.05) is 19.8 Å². The van der Waals surface area contributed by atoms with Crippen LogP contribution in [0.5, 0.6) is 0 Å². The van der Waals surface area contributed by atoms with Gasteiger partial charge in [0, 0.05) is 19.4 Å². The zero-order valence-electron chi connectivity index (χ0n) is 11.8. The highest BCUT2D eigenvalue weighted by molar-refractivity contribution is 5.78. The summed E-state index contributed by atoms with van der Waals surface area (Å²) in [6.45, 7) is 3.04. The summed E-state index contributed by atoms with van der Waals surface area (Å²) in [5.74, 6) is 0.0307. The average molecular weight is 271 g/mol. The standard InChI is InChI=1S/C14H25NO4/c1-2-19-14(18)7-5-3-4-6-10-15-12(11-16)8-9-13(15)17/h12,16H,2-11H2,1H3/t12-/m1/s1. The van der Waals surface area contributed by atoms with Crippen LogP contribution >= 0.6 is 0 Å². The van der Waals surface area contributed by atoms with Crippen molar-refractivity contribution < 1.29 is 19.4 Å². The van der Waals surface area contributed by atoms with Crippen molar-refractivity contribution in [1.82, 2.24) is 4.90 Å². The van der Waals surface area contributed by atoms with Gasteiger partial charge in [0.1, 0.15) is 0 Å². The molecule has 0 aliphatic carbocycles. The minimum atomic E-state index is -0.127. The molecule has 1 rings (SSSR count). The summed E-state index contributed by atoms with van der Waals surface area (Å²) in [6, 6.07) is 0.0204. The number of nitrogens with zero attached hydrogens (tertiary/aromatic N) is 1. The Bertz CT molecular complexity index is 293. The summed E-state index contributed by atoms with van der Waals surface area (Å²) in [5.41, 5.74) is 0. The molecule has 19 heavy (non-hydrogen) atoms. The molecule has 1 aliphatic rings. The maximum atomic E-state index is 11.6. The van der Waals surface area contributed by atoms with Crippen molar-refractivity contribution in [3.8, 4) is 0 Å². The summed E-state index contributed by atoms with van der Waals surface area (Å²) in [5, 5.41) is 9.16. The molecule has 1 aliphatic heterocycles. The minimum absolute atomic E-state index is 0.0204. The predicted octanol–water partition coefficient (Wildman–Crippen LogP) is 1.48. The number of rotatable bonds is 9. The molecule has 5 nitrogen and oxygen atoms in total. The molecule has 1 N–H and O–H groups in total. The van der Waals surface area contributed by atoms with E-state index in [1.807, 2.05) is 6.92 Å². The van der Waals surface area contributed by atoms with E-state index in [1.54, 1.807) is 4.90 Å². The van der Waals surface area contributed by atoms with Crippen molar-refractivity contribution in [3.05, 3.63) is 0 Å². The fourth-order valence-electron chi connectivity index (χ4n) is 2.43. The third kappa shape index (κ3) is 5.59. The number of carbonyl (C=O) groups excluding carboxylic acids is 2. The maximum absolute atomic E-state index is 11.6. The van der Waals surface area contributed by atoms with Crippen LogP contribution < -0.4 is 0 Å². The zero-order valence-corrected chi connectivity index (χ0v) is 11.8. The van der Waals surface area contributed by atoms with Gasteiger partial charge in [-0.15, -0.1) is 0 Å². The van der Waals surface area contributed by atoms with E-state index in [9.17, 15) is 9.59 Å². The molecule has 5 heteroatoms. The molecule has 0 aromatic carbocycles. The van der Waals surface area contributed by atoms with Gasteiger partial charge >= 0.3 is 5.97 Å². The van der Waals surface area contributed by atoms with E-state index in [1.165, 1.54) is 0 Å². The Hall–Kier alpha value is -1.10. The van der Waals surface area contributed by atoms with Crippen molar-refractivity contribution in [2.45, 2.75) is 57.9 Å². The van der Waals surface area contributed by atoms with E-state index in [0.29, 0.717) is 19.4 Å². The van der Waals surface area contributed by atoms with Crippen LogP contribution in [-0.4, -0.2) is 47.7 Å². The fourth-order valence-corrected chi connectivity index (χ4v) is 2.43. The number of esters is 1. The third-order valence-corrected chi connectivity index (χ3v) is 3.50. The van der Waals surface area contributed by atoms with Gasteiger partial charge < -0.3 is 14.7 Å². The van der Waals surface area contributed by atoms with Gasteiger partial charge in [0.15, 0.2) is 0 Å². The number of hydrogen-bond acceptors (Lipinski definition) is 4. The first-order valence-electron chi connectivity index (χ1n) is 7.25. The SMILES string of the molecule is CCOC(=O)CCCCCCN1C(=O)CC[C@@H]1CO. The molecule has 0 spiro atoms. The van der Waals surface area contributed by atoms with Crippen LogP contribution in [0.15, 0.2) is 0 Å². The molecule has 0 bridgehead atoms. The second-order valence-corrected chi connectivity index (χ2v) is 4.93. The predicted molar refractivity (Wildman–Crippen MR) is 71.5 cm³/mol. The third-order valence-electron chi connectivity index (χ3n) is 3.50. The molecule has 1 amide bonds. The minimum Gasteiger partial charge on any atom is -0.466 e. The van der Waals surface area contributed by atoms with E-state index in [4.69, 9.17) is 9.84 Å². The van der Waals surface area contributed by atoms with E-state index >= 15 is 0 Å². The highest BCUT2D eigenvalue weighted by Crippen LogP contribution is 2.19. The monoisotopic (exact) mass is 271 g/mol. The number of ether oxygens (including phenoxy) is 1. The Morgan fingerprint density at radius 1 is 1.37 bits per heavy atom. The Labute approximate surface area is 114 Å². The number of amides is 1. The number of unbranched alkanes of at least 4 members (excludes halogenated alkanes) is 3. The molecule has 1 fully saturated rings. The number of aliphatic hydroxyl groups excluding tert-OH is 1. The summed E-state index contributed by atoms with van der Waals surface area (Å²) < 4.78 is 4.85. The van der Waals surface area contributed by atoms with E-state index in [0.717, 1.165) is 38.6 Å². The van der Waals surface area contributed by atoms with Crippen molar-refractivity contribution in [3.63, 3.8) is 0 Å². The van der Waals surface area contributed by atoms with Gasteiger partial charge in [0.25, 0.3) is 0 Å². The molecule has 0 aromatic heterocycles. The molecule has 0 unspecified atom stereocenters. The van der Waals surface area contributed by atoms with Crippen LogP contribution in [0.4, 0.5) is 0 Å². The van der Waals surface area contributed by atoms with Crippen LogP contribution in [0, 0.1) is 0 Å². The number of aliphatic hydroxyl groups is 1. The quantitative estimate of drug-likeness (QED) is 0.509. The highest BCUT2D eigenvalue weighted by Gasteiger charge is 2.29. The lowest BCUT2D eigenvalue weighted by Crippen LogP contribution is -2.36. The normalized spacial score (nSPS) is 18.9. The maximum Gasteiger partial charge on any atom is 0.305 e. The first-order valence-corrected chi connectivity index (χ1v) is 7.25.